The van der Waals surface area contributed by atoms with Gasteiger partial charge < -0.3 is 5.32 Å². The highest BCUT2D eigenvalue weighted by atomic mass is 15.0. The second kappa shape index (κ2) is 7.69. The molecule has 146 valence electrons. The van der Waals surface area contributed by atoms with Crippen molar-refractivity contribution < 1.29 is 0 Å². The zero-order valence-electron chi connectivity index (χ0n) is 17.4. The van der Waals surface area contributed by atoms with E-state index in [0.717, 1.165) is 29.9 Å². The molecule has 0 amide bonds. The highest BCUT2D eigenvalue weighted by molar-refractivity contribution is 5.87. The van der Waals surface area contributed by atoms with E-state index in [1.54, 1.807) is 0 Å². The van der Waals surface area contributed by atoms with Crippen LogP contribution in [0.25, 0.3) is 17.2 Å². The number of fused-ring (bicyclic) bond motifs is 3. The van der Waals surface area contributed by atoms with Gasteiger partial charge >= 0.3 is 0 Å². The lowest BCUT2D eigenvalue weighted by atomic mass is 9.82. The summed E-state index contributed by atoms with van der Waals surface area (Å²) >= 11 is 0. The molecule has 1 atom stereocenters. The minimum Gasteiger partial charge on any atom is -0.376 e. The lowest BCUT2D eigenvalue weighted by molar-refractivity contribution is 0.657. The second-order valence-corrected chi connectivity index (χ2v) is 7.94. The molecule has 2 aromatic rings. The van der Waals surface area contributed by atoms with Crippen LogP contribution >= 0.6 is 0 Å². The van der Waals surface area contributed by atoms with E-state index in [2.05, 4.69) is 104 Å². The molecule has 5 rings (SSSR count). The summed E-state index contributed by atoms with van der Waals surface area (Å²) in [4.78, 5) is 5.00. The zero-order chi connectivity index (χ0) is 20.5. The molecule has 1 unspecified atom stereocenters. The largest absolute Gasteiger partial charge is 0.376 e. The van der Waals surface area contributed by atoms with Gasteiger partial charge in [-0.25, -0.2) is 0 Å². The van der Waals surface area contributed by atoms with E-state index in [0.29, 0.717) is 0 Å². The van der Waals surface area contributed by atoms with Gasteiger partial charge in [0.05, 0.1) is 11.7 Å². The van der Waals surface area contributed by atoms with E-state index >= 15 is 0 Å². The van der Waals surface area contributed by atoms with E-state index in [-0.39, 0.29) is 6.04 Å². The predicted octanol–water partition coefficient (Wildman–Crippen LogP) is 6.16. The SMILES string of the molecule is CC1=CC(c2ccccc2)=C2C=Cc3c(/C4=C/C=C\CC#CC4)cc(C)nc3C2N1. The Labute approximate surface area is 178 Å². The van der Waals surface area contributed by atoms with Crippen LogP contribution in [0.5, 0.6) is 0 Å². The molecule has 1 N–H and O–H groups in total. The number of hydrogen-bond donors (Lipinski definition) is 1. The van der Waals surface area contributed by atoms with E-state index in [9.17, 15) is 0 Å². The summed E-state index contributed by atoms with van der Waals surface area (Å²) in [6, 6.07) is 12.9. The Morgan fingerprint density at radius 2 is 1.93 bits per heavy atom. The first-order chi connectivity index (χ1) is 14.7. The van der Waals surface area contributed by atoms with E-state index < -0.39 is 0 Å². The molecule has 0 spiro atoms. The van der Waals surface area contributed by atoms with E-state index in [1.807, 2.05) is 0 Å². The molecular weight excluding hydrogens is 364 g/mol. The van der Waals surface area contributed by atoms with Crippen LogP contribution in [-0.2, 0) is 0 Å². The molecule has 2 heterocycles. The second-order valence-electron chi connectivity index (χ2n) is 7.94. The van der Waals surface area contributed by atoms with Crippen LogP contribution in [0.15, 0.2) is 78.0 Å². The number of pyridine rings is 1. The molecule has 1 aromatic carbocycles. The summed E-state index contributed by atoms with van der Waals surface area (Å²) in [5, 5.41) is 3.68. The molecule has 3 aliphatic rings. The third kappa shape index (κ3) is 3.33. The molecular formula is C28H24N2. The number of rotatable bonds is 2. The van der Waals surface area contributed by atoms with Gasteiger partial charge in [-0.1, -0.05) is 72.6 Å². The molecule has 0 saturated carbocycles. The van der Waals surface area contributed by atoms with Gasteiger partial charge in [-0.15, -0.1) is 0 Å². The van der Waals surface area contributed by atoms with Crippen LogP contribution in [0.4, 0.5) is 0 Å². The Hall–Kier alpha value is -3.57. The molecule has 1 aromatic heterocycles. The van der Waals surface area contributed by atoms with Crippen molar-refractivity contribution in [1.82, 2.24) is 10.3 Å². The van der Waals surface area contributed by atoms with Gasteiger partial charge in [-0.3, -0.25) is 4.98 Å². The van der Waals surface area contributed by atoms with Crippen molar-refractivity contribution >= 4 is 17.2 Å². The quantitative estimate of drug-likeness (QED) is 0.624. The van der Waals surface area contributed by atoms with Crippen molar-refractivity contribution in [2.45, 2.75) is 32.7 Å². The van der Waals surface area contributed by atoms with Crippen molar-refractivity contribution in [2.75, 3.05) is 0 Å². The minimum absolute atomic E-state index is 0.0552. The number of nitrogens with zero attached hydrogens (tertiary/aromatic N) is 1. The van der Waals surface area contributed by atoms with Crippen LogP contribution in [0.2, 0.25) is 0 Å². The Bertz CT molecular complexity index is 1220. The van der Waals surface area contributed by atoms with E-state index in [4.69, 9.17) is 4.98 Å². The van der Waals surface area contributed by atoms with Gasteiger partial charge in [0.15, 0.2) is 0 Å². The van der Waals surface area contributed by atoms with Crippen molar-refractivity contribution in [1.29, 1.82) is 0 Å². The number of allylic oxidation sites excluding steroid dienone is 7. The van der Waals surface area contributed by atoms with Crippen LogP contribution in [0.1, 0.15) is 53.9 Å². The van der Waals surface area contributed by atoms with Crippen LogP contribution in [0, 0.1) is 18.8 Å². The summed E-state index contributed by atoms with van der Waals surface area (Å²) in [5.74, 6) is 6.52. The third-order valence-corrected chi connectivity index (χ3v) is 5.76. The molecule has 2 aliphatic carbocycles. The molecule has 0 fully saturated rings. The first kappa shape index (κ1) is 18.5. The lowest BCUT2D eigenvalue weighted by Crippen LogP contribution is -2.28. The van der Waals surface area contributed by atoms with Gasteiger partial charge in [0, 0.05) is 29.8 Å². The van der Waals surface area contributed by atoms with Gasteiger partial charge in [-0.05, 0) is 53.8 Å². The summed E-state index contributed by atoms with van der Waals surface area (Å²) in [5.41, 5.74) is 10.8. The molecule has 2 nitrogen and oxygen atoms in total. The monoisotopic (exact) mass is 388 g/mol. The van der Waals surface area contributed by atoms with Gasteiger partial charge in [-0.2, -0.15) is 0 Å². The Balaban J connectivity index is 1.68. The zero-order valence-corrected chi connectivity index (χ0v) is 17.4. The number of aromatic nitrogens is 1. The maximum atomic E-state index is 5.00. The number of dihydropyridines is 1. The summed E-state index contributed by atoms with van der Waals surface area (Å²) in [7, 11) is 0. The summed E-state index contributed by atoms with van der Waals surface area (Å²) < 4.78 is 0. The first-order valence-electron chi connectivity index (χ1n) is 10.5. The normalized spacial score (nSPS) is 22.1. The van der Waals surface area contributed by atoms with Gasteiger partial charge in [0.2, 0.25) is 0 Å². The predicted molar refractivity (Wildman–Crippen MR) is 125 cm³/mol. The smallest absolute Gasteiger partial charge is 0.0950 e. The number of hydrogen-bond acceptors (Lipinski definition) is 2. The minimum atomic E-state index is 0.0552. The maximum absolute atomic E-state index is 5.00. The fraction of sp³-hybridized carbons (Fsp3) is 0.179. The van der Waals surface area contributed by atoms with Crippen molar-refractivity contribution in [3.63, 3.8) is 0 Å². The Morgan fingerprint density at radius 1 is 1.07 bits per heavy atom. The van der Waals surface area contributed by atoms with Crippen LogP contribution in [0.3, 0.4) is 0 Å². The number of benzene rings is 1. The molecule has 1 aliphatic heterocycles. The standard InChI is InChI=1S/C28H24N2/c1-19-17-25(21-11-7-4-3-5-8-12-21)23-15-16-24-26(22-13-9-6-10-14-22)18-20(2)30-28(24)27(23)29-19/h4,6-7,9-11,13-18,28,30H,3,12H2,1-2H3/b7-4-,21-11+. The third-order valence-electron chi connectivity index (χ3n) is 5.76. The maximum Gasteiger partial charge on any atom is 0.0950 e. The van der Waals surface area contributed by atoms with Crippen molar-refractivity contribution in [3.05, 3.63) is 106 Å². The van der Waals surface area contributed by atoms with Crippen molar-refractivity contribution in [3.8, 4) is 11.8 Å². The average molecular weight is 389 g/mol. The number of nitrogens with one attached hydrogen (secondary N) is 1. The molecule has 30 heavy (non-hydrogen) atoms. The summed E-state index contributed by atoms with van der Waals surface area (Å²) in [6.45, 7) is 4.21. The van der Waals surface area contributed by atoms with Crippen LogP contribution < -0.4 is 5.32 Å². The Kier molecular flexibility index (Phi) is 4.73. The molecule has 0 radical (unpaired) electrons. The Morgan fingerprint density at radius 3 is 2.80 bits per heavy atom. The number of aryl methyl sites for hydroxylation is 1. The molecule has 0 bridgehead atoms. The molecule has 2 heteroatoms. The van der Waals surface area contributed by atoms with Crippen LogP contribution in [-0.4, -0.2) is 4.98 Å². The molecule has 0 saturated heterocycles. The fourth-order valence-electron chi connectivity index (χ4n) is 4.40. The first-order valence-corrected chi connectivity index (χ1v) is 10.5. The van der Waals surface area contributed by atoms with Crippen molar-refractivity contribution in [2.24, 2.45) is 0 Å². The highest BCUT2D eigenvalue weighted by Gasteiger charge is 2.30. The lowest BCUT2D eigenvalue weighted by Gasteiger charge is -2.32. The van der Waals surface area contributed by atoms with E-state index in [1.165, 1.54) is 33.4 Å². The summed E-state index contributed by atoms with van der Waals surface area (Å²) in [6.07, 6.45) is 14.8. The van der Waals surface area contributed by atoms with Gasteiger partial charge in [0.25, 0.3) is 0 Å². The average Bonchev–Trinajstić information content (AvgIpc) is 2.73. The topological polar surface area (TPSA) is 24.9 Å². The highest BCUT2D eigenvalue weighted by Crippen LogP contribution is 2.42. The fourth-order valence-corrected chi connectivity index (χ4v) is 4.40. The van der Waals surface area contributed by atoms with Gasteiger partial charge in [0.1, 0.15) is 0 Å².